The summed E-state index contributed by atoms with van der Waals surface area (Å²) >= 11 is 5.02. The van der Waals surface area contributed by atoms with E-state index >= 15 is 0 Å². The van der Waals surface area contributed by atoms with Crippen LogP contribution in [-0.4, -0.2) is 24.1 Å². The van der Waals surface area contributed by atoms with E-state index in [1.807, 2.05) is 43.7 Å². The van der Waals surface area contributed by atoms with Crippen molar-refractivity contribution in [1.82, 2.24) is 4.90 Å². The Morgan fingerprint density at radius 2 is 2.06 bits per heavy atom. The van der Waals surface area contributed by atoms with Gasteiger partial charge in [0.2, 0.25) is 0 Å². The SMILES string of the molecule is CN(C)Cc1ccccc1C(O)c1csc(Br)c1. The Morgan fingerprint density at radius 1 is 1.33 bits per heavy atom. The van der Waals surface area contributed by atoms with Crippen molar-refractivity contribution in [3.8, 4) is 0 Å². The molecule has 1 aromatic carbocycles. The summed E-state index contributed by atoms with van der Waals surface area (Å²) in [5.41, 5.74) is 3.09. The molecular weight excluding hydrogens is 310 g/mol. The minimum Gasteiger partial charge on any atom is -0.384 e. The van der Waals surface area contributed by atoms with Crippen molar-refractivity contribution in [3.05, 3.63) is 56.2 Å². The molecule has 0 fully saturated rings. The maximum Gasteiger partial charge on any atom is 0.105 e. The maximum absolute atomic E-state index is 10.5. The minimum atomic E-state index is -0.552. The van der Waals surface area contributed by atoms with Crippen LogP contribution in [0.15, 0.2) is 39.5 Å². The molecule has 2 rings (SSSR count). The number of nitrogens with zero attached hydrogens (tertiary/aromatic N) is 1. The number of hydrogen-bond acceptors (Lipinski definition) is 3. The fraction of sp³-hybridized carbons (Fsp3) is 0.286. The van der Waals surface area contributed by atoms with Gasteiger partial charge in [-0.1, -0.05) is 24.3 Å². The Balaban J connectivity index is 2.32. The van der Waals surface area contributed by atoms with Gasteiger partial charge in [-0.25, -0.2) is 0 Å². The second-order valence-corrected chi connectivity index (χ2v) is 6.81. The van der Waals surface area contributed by atoms with Crippen molar-refractivity contribution in [2.45, 2.75) is 12.6 Å². The van der Waals surface area contributed by atoms with E-state index in [1.54, 1.807) is 11.3 Å². The highest BCUT2D eigenvalue weighted by molar-refractivity contribution is 9.11. The molecule has 4 heteroatoms. The highest BCUT2D eigenvalue weighted by Crippen LogP contribution is 2.31. The molecule has 96 valence electrons. The van der Waals surface area contributed by atoms with Gasteiger partial charge in [-0.15, -0.1) is 11.3 Å². The van der Waals surface area contributed by atoms with E-state index in [1.165, 1.54) is 0 Å². The Kier molecular flexibility index (Phi) is 4.56. The third kappa shape index (κ3) is 3.20. The predicted octanol–water partition coefficient (Wildman–Crippen LogP) is 3.65. The molecular formula is C14H16BrNOS. The van der Waals surface area contributed by atoms with E-state index < -0.39 is 6.10 Å². The van der Waals surface area contributed by atoms with Gasteiger partial charge < -0.3 is 10.0 Å². The number of rotatable bonds is 4. The van der Waals surface area contributed by atoms with Gasteiger partial charge in [-0.2, -0.15) is 0 Å². The van der Waals surface area contributed by atoms with E-state index in [4.69, 9.17) is 0 Å². The van der Waals surface area contributed by atoms with Gasteiger partial charge in [0.25, 0.3) is 0 Å². The molecule has 18 heavy (non-hydrogen) atoms. The number of aliphatic hydroxyl groups excluding tert-OH is 1. The molecule has 0 bridgehead atoms. The van der Waals surface area contributed by atoms with Crippen LogP contribution < -0.4 is 0 Å². The number of halogens is 1. The third-order valence-electron chi connectivity index (χ3n) is 2.74. The summed E-state index contributed by atoms with van der Waals surface area (Å²) in [5.74, 6) is 0. The van der Waals surface area contributed by atoms with E-state index in [0.717, 1.165) is 27.0 Å². The van der Waals surface area contributed by atoms with Gasteiger partial charge in [0.05, 0.1) is 3.79 Å². The van der Waals surface area contributed by atoms with E-state index in [9.17, 15) is 5.11 Å². The molecule has 2 aromatic rings. The van der Waals surface area contributed by atoms with Crippen molar-refractivity contribution >= 4 is 27.3 Å². The normalized spacial score (nSPS) is 12.9. The van der Waals surface area contributed by atoms with Crippen LogP contribution in [0.2, 0.25) is 0 Å². The monoisotopic (exact) mass is 325 g/mol. The first-order valence-corrected chi connectivity index (χ1v) is 7.39. The highest BCUT2D eigenvalue weighted by atomic mass is 79.9. The predicted molar refractivity (Wildman–Crippen MR) is 79.9 cm³/mol. The Bertz CT molecular complexity index is 524. The largest absolute Gasteiger partial charge is 0.384 e. The lowest BCUT2D eigenvalue weighted by molar-refractivity contribution is 0.218. The van der Waals surface area contributed by atoms with Crippen LogP contribution in [0.5, 0.6) is 0 Å². The molecule has 0 amide bonds. The van der Waals surface area contributed by atoms with Crippen molar-refractivity contribution < 1.29 is 5.11 Å². The van der Waals surface area contributed by atoms with Crippen LogP contribution >= 0.6 is 27.3 Å². The third-order valence-corrected chi connectivity index (χ3v) is 4.26. The molecule has 0 saturated carbocycles. The summed E-state index contributed by atoms with van der Waals surface area (Å²) < 4.78 is 1.04. The fourth-order valence-electron chi connectivity index (χ4n) is 1.93. The van der Waals surface area contributed by atoms with Crippen LogP contribution in [0.3, 0.4) is 0 Å². The van der Waals surface area contributed by atoms with Crippen LogP contribution in [0.4, 0.5) is 0 Å². The molecule has 0 aliphatic rings. The van der Waals surface area contributed by atoms with Crippen LogP contribution in [-0.2, 0) is 6.54 Å². The zero-order chi connectivity index (χ0) is 13.1. The molecule has 1 heterocycles. The molecule has 0 radical (unpaired) electrons. The Hall–Kier alpha value is -0.680. The highest BCUT2D eigenvalue weighted by Gasteiger charge is 2.15. The van der Waals surface area contributed by atoms with Gasteiger partial charge in [0.15, 0.2) is 0 Å². The molecule has 1 aromatic heterocycles. The molecule has 0 aliphatic heterocycles. The summed E-state index contributed by atoms with van der Waals surface area (Å²) in [4.78, 5) is 2.11. The zero-order valence-corrected chi connectivity index (χ0v) is 12.8. The van der Waals surface area contributed by atoms with Gasteiger partial charge in [0.1, 0.15) is 6.10 Å². The van der Waals surface area contributed by atoms with Crippen LogP contribution in [0.25, 0.3) is 0 Å². The van der Waals surface area contributed by atoms with Gasteiger partial charge in [0, 0.05) is 6.54 Å². The number of aliphatic hydroxyl groups is 1. The van der Waals surface area contributed by atoms with E-state index in [-0.39, 0.29) is 0 Å². The first-order valence-electron chi connectivity index (χ1n) is 5.72. The molecule has 0 aliphatic carbocycles. The summed E-state index contributed by atoms with van der Waals surface area (Å²) in [5, 5.41) is 12.5. The Morgan fingerprint density at radius 3 is 2.67 bits per heavy atom. The van der Waals surface area contributed by atoms with Crippen molar-refractivity contribution in [2.24, 2.45) is 0 Å². The number of hydrogen-bond donors (Lipinski definition) is 1. The van der Waals surface area contributed by atoms with Crippen molar-refractivity contribution in [1.29, 1.82) is 0 Å². The number of benzene rings is 1. The first kappa shape index (κ1) is 13.7. The molecule has 1 atom stereocenters. The lowest BCUT2D eigenvalue weighted by atomic mass is 9.98. The smallest absolute Gasteiger partial charge is 0.105 e. The molecule has 1 N–H and O–H groups in total. The summed E-state index contributed by atoms with van der Waals surface area (Å²) in [6.45, 7) is 0.832. The minimum absolute atomic E-state index is 0.552. The quantitative estimate of drug-likeness (QED) is 0.927. The molecule has 2 nitrogen and oxygen atoms in total. The van der Waals surface area contributed by atoms with Gasteiger partial charge in [-0.05, 0) is 58.2 Å². The fourth-order valence-corrected chi connectivity index (χ4v) is 3.13. The van der Waals surface area contributed by atoms with Gasteiger partial charge in [-0.3, -0.25) is 0 Å². The average molecular weight is 326 g/mol. The molecule has 1 unspecified atom stereocenters. The average Bonchev–Trinajstić information content (AvgIpc) is 2.75. The molecule has 0 saturated heterocycles. The van der Waals surface area contributed by atoms with Gasteiger partial charge >= 0.3 is 0 Å². The summed E-state index contributed by atoms with van der Waals surface area (Å²) in [6, 6.07) is 10.0. The van der Waals surface area contributed by atoms with E-state index in [2.05, 4.69) is 26.9 Å². The van der Waals surface area contributed by atoms with Crippen molar-refractivity contribution in [2.75, 3.05) is 14.1 Å². The van der Waals surface area contributed by atoms with Crippen molar-refractivity contribution in [3.63, 3.8) is 0 Å². The molecule has 0 spiro atoms. The second-order valence-electron chi connectivity index (χ2n) is 4.52. The number of thiophene rings is 1. The van der Waals surface area contributed by atoms with Crippen LogP contribution in [0.1, 0.15) is 22.8 Å². The standard InChI is InChI=1S/C14H16BrNOS/c1-16(2)8-10-5-3-4-6-12(10)14(17)11-7-13(15)18-9-11/h3-7,9,14,17H,8H2,1-2H3. The summed E-state index contributed by atoms with van der Waals surface area (Å²) in [6.07, 6.45) is -0.552. The van der Waals surface area contributed by atoms with Crippen LogP contribution in [0, 0.1) is 0 Å². The maximum atomic E-state index is 10.5. The zero-order valence-electron chi connectivity index (χ0n) is 10.4. The Labute approximate surface area is 120 Å². The van der Waals surface area contributed by atoms with E-state index in [0.29, 0.717) is 0 Å². The lowest BCUT2D eigenvalue weighted by Gasteiger charge is -2.17. The second kappa shape index (κ2) is 5.97. The summed E-state index contributed by atoms with van der Waals surface area (Å²) in [7, 11) is 4.06. The first-order chi connectivity index (χ1) is 8.58. The lowest BCUT2D eigenvalue weighted by Crippen LogP contribution is -2.13. The topological polar surface area (TPSA) is 23.5 Å².